The molecule has 6 nitrogen and oxygen atoms in total. The van der Waals surface area contributed by atoms with Crippen LogP contribution in [0.1, 0.15) is 18.0 Å². The summed E-state index contributed by atoms with van der Waals surface area (Å²) in [6.07, 6.45) is 4.23. The highest BCUT2D eigenvalue weighted by Crippen LogP contribution is 2.30. The molecule has 2 aromatic heterocycles. The molecule has 3 heterocycles. The van der Waals surface area contributed by atoms with Gasteiger partial charge in [0.05, 0.1) is 17.1 Å². The Hall–Kier alpha value is -3.41. The maximum atomic E-state index is 12.6. The van der Waals surface area contributed by atoms with Gasteiger partial charge in [0.2, 0.25) is 5.91 Å². The summed E-state index contributed by atoms with van der Waals surface area (Å²) < 4.78 is 4.16. The number of carbonyl (C=O) groups excluding carboxylic acids is 1. The molecule has 2 aromatic carbocycles. The minimum atomic E-state index is 0.0634. The van der Waals surface area contributed by atoms with Crippen LogP contribution < -0.4 is 0 Å². The number of aromatic nitrogens is 4. The number of fused-ring (bicyclic) bond motifs is 1. The van der Waals surface area contributed by atoms with Crippen molar-refractivity contribution < 1.29 is 4.79 Å². The van der Waals surface area contributed by atoms with Crippen molar-refractivity contribution in [1.29, 1.82) is 0 Å². The van der Waals surface area contributed by atoms with Gasteiger partial charge in [-0.2, -0.15) is 0 Å². The van der Waals surface area contributed by atoms with E-state index in [9.17, 15) is 4.79 Å². The minimum absolute atomic E-state index is 0.0634. The SMILES string of the molecule is Cn1c(-c2nccn2[C@H]2CC(=O)N(Cc3ccccc3)C2)nc2ccccc21. The molecular weight excluding hydrogens is 350 g/mol. The van der Waals surface area contributed by atoms with E-state index in [-0.39, 0.29) is 11.9 Å². The maximum Gasteiger partial charge on any atom is 0.225 e. The third-order valence-corrected chi connectivity index (χ3v) is 5.46. The first-order valence-corrected chi connectivity index (χ1v) is 9.47. The number of rotatable bonds is 4. The van der Waals surface area contributed by atoms with Crippen molar-refractivity contribution in [2.24, 2.45) is 7.05 Å². The molecule has 6 heteroatoms. The average Bonchev–Trinajstić information content (AvgIpc) is 3.41. The molecule has 0 spiro atoms. The van der Waals surface area contributed by atoms with E-state index in [2.05, 4.69) is 32.3 Å². The van der Waals surface area contributed by atoms with Gasteiger partial charge in [-0.1, -0.05) is 42.5 Å². The topological polar surface area (TPSA) is 56.0 Å². The first-order chi connectivity index (χ1) is 13.7. The van der Waals surface area contributed by atoms with Crippen LogP contribution in [0.15, 0.2) is 67.0 Å². The fraction of sp³-hybridized carbons (Fsp3) is 0.227. The molecule has 4 aromatic rings. The number of benzene rings is 2. The van der Waals surface area contributed by atoms with E-state index in [1.165, 1.54) is 0 Å². The number of amides is 1. The van der Waals surface area contributed by atoms with Crippen molar-refractivity contribution in [2.45, 2.75) is 19.0 Å². The molecule has 0 aliphatic carbocycles. The summed E-state index contributed by atoms with van der Waals surface area (Å²) in [5.41, 5.74) is 3.17. The van der Waals surface area contributed by atoms with Gasteiger partial charge >= 0.3 is 0 Å². The van der Waals surface area contributed by atoms with Gasteiger partial charge in [0, 0.05) is 39.0 Å². The third kappa shape index (κ3) is 2.78. The Balaban J connectivity index is 1.45. The number of imidazole rings is 2. The van der Waals surface area contributed by atoms with E-state index >= 15 is 0 Å². The zero-order valence-corrected chi connectivity index (χ0v) is 15.7. The van der Waals surface area contributed by atoms with Crippen LogP contribution in [-0.4, -0.2) is 36.5 Å². The number of nitrogens with zero attached hydrogens (tertiary/aromatic N) is 5. The maximum absolute atomic E-state index is 12.6. The van der Waals surface area contributed by atoms with Crippen LogP contribution in [0.2, 0.25) is 0 Å². The largest absolute Gasteiger partial charge is 0.336 e. The van der Waals surface area contributed by atoms with E-state index in [1.807, 2.05) is 54.5 Å². The summed E-state index contributed by atoms with van der Waals surface area (Å²) in [6.45, 7) is 1.33. The van der Waals surface area contributed by atoms with Crippen LogP contribution in [-0.2, 0) is 18.4 Å². The molecular formula is C22H21N5O. The second-order valence-corrected chi connectivity index (χ2v) is 7.26. The van der Waals surface area contributed by atoms with Crippen LogP contribution in [0.4, 0.5) is 0 Å². The lowest BCUT2D eigenvalue weighted by molar-refractivity contribution is -0.128. The van der Waals surface area contributed by atoms with E-state index in [0.717, 1.165) is 28.2 Å². The molecule has 1 amide bonds. The van der Waals surface area contributed by atoms with Gasteiger partial charge in [-0.15, -0.1) is 0 Å². The van der Waals surface area contributed by atoms with Crippen molar-refractivity contribution in [3.8, 4) is 11.6 Å². The normalized spacial score (nSPS) is 17.0. The zero-order chi connectivity index (χ0) is 19.1. The standard InChI is InChI=1S/C22H21N5O/c1-25-19-10-6-5-9-18(19)24-22(25)21-23-11-12-27(21)17-13-20(28)26(15-17)14-16-7-3-2-4-8-16/h2-12,17H,13-15H2,1H3/t17-/m0/s1. The Morgan fingerprint density at radius 3 is 2.64 bits per heavy atom. The van der Waals surface area contributed by atoms with Crippen LogP contribution in [0.5, 0.6) is 0 Å². The molecule has 1 saturated heterocycles. The van der Waals surface area contributed by atoms with Gasteiger partial charge in [0.25, 0.3) is 0 Å². The summed E-state index contributed by atoms with van der Waals surface area (Å²) in [4.78, 5) is 23.9. The molecule has 0 saturated carbocycles. The van der Waals surface area contributed by atoms with Crippen molar-refractivity contribution in [3.05, 3.63) is 72.6 Å². The number of hydrogen-bond acceptors (Lipinski definition) is 3. The molecule has 0 N–H and O–H groups in total. The average molecular weight is 371 g/mol. The molecule has 140 valence electrons. The van der Waals surface area contributed by atoms with Crippen LogP contribution >= 0.6 is 0 Å². The smallest absolute Gasteiger partial charge is 0.225 e. The summed E-state index contributed by atoms with van der Waals surface area (Å²) in [7, 11) is 2.01. The molecule has 1 aliphatic heterocycles. The lowest BCUT2D eigenvalue weighted by atomic mass is 10.2. The molecule has 1 atom stereocenters. The zero-order valence-electron chi connectivity index (χ0n) is 15.7. The predicted octanol–water partition coefficient (Wildman–Crippen LogP) is 3.41. The van der Waals surface area contributed by atoms with Gasteiger partial charge < -0.3 is 14.0 Å². The predicted molar refractivity (Wildman–Crippen MR) is 107 cm³/mol. The Morgan fingerprint density at radius 2 is 1.82 bits per heavy atom. The summed E-state index contributed by atoms with van der Waals surface area (Å²) in [5.74, 6) is 1.80. The number of aryl methyl sites for hydroxylation is 1. The first kappa shape index (κ1) is 16.7. The van der Waals surface area contributed by atoms with Gasteiger partial charge in [-0.3, -0.25) is 4.79 Å². The summed E-state index contributed by atoms with van der Waals surface area (Å²) in [6, 6.07) is 18.2. The molecule has 0 radical (unpaired) electrons. The van der Waals surface area contributed by atoms with E-state index in [4.69, 9.17) is 4.98 Å². The lowest BCUT2D eigenvalue weighted by Gasteiger charge is -2.18. The van der Waals surface area contributed by atoms with E-state index < -0.39 is 0 Å². The monoisotopic (exact) mass is 371 g/mol. The Kier molecular flexibility index (Phi) is 3.97. The number of carbonyl (C=O) groups is 1. The highest BCUT2D eigenvalue weighted by Gasteiger charge is 2.32. The minimum Gasteiger partial charge on any atom is -0.336 e. The van der Waals surface area contributed by atoms with Gasteiger partial charge in [-0.25, -0.2) is 9.97 Å². The molecule has 0 unspecified atom stereocenters. The Bertz CT molecular complexity index is 1140. The molecule has 1 fully saturated rings. The van der Waals surface area contributed by atoms with Crippen molar-refractivity contribution in [1.82, 2.24) is 24.0 Å². The first-order valence-electron chi connectivity index (χ1n) is 9.47. The van der Waals surface area contributed by atoms with Gasteiger partial charge in [0.15, 0.2) is 11.6 Å². The van der Waals surface area contributed by atoms with Crippen molar-refractivity contribution >= 4 is 16.9 Å². The third-order valence-electron chi connectivity index (χ3n) is 5.46. The van der Waals surface area contributed by atoms with Gasteiger partial charge in [-0.05, 0) is 17.7 Å². The van der Waals surface area contributed by atoms with E-state index in [1.54, 1.807) is 6.20 Å². The second kappa shape index (κ2) is 6.64. The van der Waals surface area contributed by atoms with Gasteiger partial charge in [0.1, 0.15) is 0 Å². The lowest BCUT2D eigenvalue weighted by Crippen LogP contribution is -2.25. The number of likely N-dealkylation sites (tertiary alicyclic amines) is 1. The second-order valence-electron chi connectivity index (χ2n) is 7.26. The Labute approximate surface area is 163 Å². The quantitative estimate of drug-likeness (QED) is 0.552. The highest BCUT2D eigenvalue weighted by molar-refractivity contribution is 5.80. The fourth-order valence-electron chi connectivity index (χ4n) is 4.02. The Morgan fingerprint density at radius 1 is 1.04 bits per heavy atom. The van der Waals surface area contributed by atoms with Crippen molar-refractivity contribution in [2.75, 3.05) is 6.54 Å². The van der Waals surface area contributed by atoms with Crippen LogP contribution in [0.25, 0.3) is 22.7 Å². The highest BCUT2D eigenvalue weighted by atomic mass is 16.2. The number of para-hydroxylation sites is 2. The van der Waals surface area contributed by atoms with Crippen molar-refractivity contribution in [3.63, 3.8) is 0 Å². The van der Waals surface area contributed by atoms with Crippen LogP contribution in [0, 0.1) is 0 Å². The van der Waals surface area contributed by atoms with E-state index in [0.29, 0.717) is 19.5 Å². The molecule has 1 aliphatic rings. The van der Waals surface area contributed by atoms with Crippen LogP contribution in [0.3, 0.4) is 0 Å². The summed E-state index contributed by atoms with van der Waals surface area (Å²) >= 11 is 0. The number of hydrogen-bond donors (Lipinski definition) is 0. The fourth-order valence-corrected chi connectivity index (χ4v) is 4.02. The molecule has 0 bridgehead atoms. The summed E-state index contributed by atoms with van der Waals surface area (Å²) in [5, 5.41) is 0. The molecule has 28 heavy (non-hydrogen) atoms. The molecule has 5 rings (SSSR count).